The Morgan fingerprint density at radius 1 is 1.07 bits per heavy atom. The minimum atomic E-state index is -3.53. The third-order valence-electron chi connectivity index (χ3n) is 5.81. The van der Waals surface area contributed by atoms with Crippen molar-refractivity contribution >= 4 is 15.8 Å². The summed E-state index contributed by atoms with van der Waals surface area (Å²) in [5.41, 5.74) is 3.28. The first-order chi connectivity index (χ1) is 14.5. The number of hydrogen-bond acceptors (Lipinski definition) is 4. The Labute approximate surface area is 176 Å². The van der Waals surface area contributed by atoms with Crippen molar-refractivity contribution in [3.63, 3.8) is 0 Å². The number of carbonyl (C=O) groups is 1. The van der Waals surface area contributed by atoms with E-state index in [4.69, 9.17) is 0 Å². The third kappa shape index (κ3) is 4.00. The van der Waals surface area contributed by atoms with E-state index < -0.39 is 15.8 Å². The molecule has 0 unspecified atom stereocenters. The molecule has 3 aromatic rings. The molecule has 0 bridgehead atoms. The van der Waals surface area contributed by atoms with Gasteiger partial charge in [-0.3, -0.25) is 4.98 Å². The largest absolute Gasteiger partial charge is 0.478 e. The summed E-state index contributed by atoms with van der Waals surface area (Å²) in [5.74, 6) is -0.656. The number of hydrogen-bond donors (Lipinski definition) is 1. The van der Waals surface area contributed by atoms with E-state index in [-0.39, 0.29) is 5.92 Å². The van der Waals surface area contributed by atoms with Crippen molar-refractivity contribution in [2.75, 3.05) is 0 Å². The molecule has 0 radical (unpaired) electrons. The lowest BCUT2D eigenvalue weighted by molar-refractivity contribution is 0.0695. The minimum absolute atomic E-state index is 0.282. The topological polar surface area (TPSA) is 84.3 Å². The summed E-state index contributed by atoms with van der Waals surface area (Å²) in [6.45, 7) is 0. The van der Waals surface area contributed by atoms with Crippen LogP contribution < -0.4 is 0 Å². The highest BCUT2D eigenvalue weighted by Crippen LogP contribution is 2.37. The van der Waals surface area contributed by atoms with E-state index in [0.717, 1.165) is 36.8 Å². The lowest BCUT2D eigenvalue weighted by atomic mass is 9.80. The van der Waals surface area contributed by atoms with Crippen LogP contribution in [0.5, 0.6) is 0 Å². The van der Waals surface area contributed by atoms with E-state index in [0.29, 0.717) is 21.8 Å². The molecule has 0 saturated heterocycles. The van der Waals surface area contributed by atoms with Gasteiger partial charge in [-0.25, -0.2) is 13.2 Å². The maximum atomic E-state index is 13.0. The van der Waals surface area contributed by atoms with Crippen LogP contribution in [-0.2, 0) is 22.7 Å². The van der Waals surface area contributed by atoms with Crippen molar-refractivity contribution in [3.05, 3.63) is 89.2 Å². The van der Waals surface area contributed by atoms with Crippen LogP contribution in [0.15, 0.2) is 76.8 Å². The van der Waals surface area contributed by atoms with Gasteiger partial charge >= 0.3 is 5.97 Å². The number of aromatic carboxylic acids is 1. The fraction of sp³-hybridized carbons (Fsp3) is 0.250. The summed E-state index contributed by atoms with van der Waals surface area (Å²) in [4.78, 5) is 16.1. The molecule has 154 valence electrons. The highest BCUT2D eigenvalue weighted by Gasteiger charge is 2.24. The van der Waals surface area contributed by atoms with Crippen LogP contribution in [0, 0.1) is 0 Å². The van der Waals surface area contributed by atoms with Gasteiger partial charge in [0, 0.05) is 12.4 Å². The maximum Gasteiger partial charge on any atom is 0.336 e. The number of fused-ring (bicyclic) bond motifs is 1. The minimum Gasteiger partial charge on any atom is -0.478 e. The van der Waals surface area contributed by atoms with Crippen molar-refractivity contribution in [2.45, 2.75) is 47.8 Å². The molecule has 1 aromatic heterocycles. The number of rotatable bonds is 6. The second kappa shape index (κ2) is 8.40. The molecule has 0 amide bonds. The molecular weight excluding hydrogens is 398 g/mol. The zero-order valence-electron chi connectivity index (χ0n) is 16.5. The van der Waals surface area contributed by atoms with E-state index in [1.54, 1.807) is 42.6 Å². The van der Waals surface area contributed by atoms with E-state index in [2.05, 4.69) is 4.98 Å². The number of carboxylic acid groups (broad SMARTS) is 1. The molecule has 1 atom stereocenters. The number of carboxylic acids is 1. The summed E-state index contributed by atoms with van der Waals surface area (Å²) in [6, 6.07) is 15.5. The molecule has 0 aliphatic heterocycles. The average molecular weight is 422 g/mol. The van der Waals surface area contributed by atoms with Crippen LogP contribution >= 0.6 is 0 Å². The van der Waals surface area contributed by atoms with Crippen molar-refractivity contribution in [2.24, 2.45) is 0 Å². The Kier molecular flexibility index (Phi) is 5.68. The first-order valence-electron chi connectivity index (χ1n) is 10.1. The van der Waals surface area contributed by atoms with Crippen LogP contribution in [0.2, 0.25) is 0 Å². The number of aryl methyl sites for hydroxylation is 2. The Balaban J connectivity index is 1.58. The molecule has 1 heterocycles. The normalized spacial score (nSPS) is 16.1. The number of benzene rings is 2. The second-order valence-electron chi connectivity index (χ2n) is 7.64. The van der Waals surface area contributed by atoms with Crippen molar-refractivity contribution < 1.29 is 18.3 Å². The molecule has 1 aliphatic rings. The monoisotopic (exact) mass is 421 g/mol. The van der Waals surface area contributed by atoms with Gasteiger partial charge in [0.05, 0.1) is 15.4 Å². The molecule has 30 heavy (non-hydrogen) atoms. The molecule has 4 rings (SSSR count). The van der Waals surface area contributed by atoms with Crippen molar-refractivity contribution in [3.8, 4) is 0 Å². The summed E-state index contributed by atoms with van der Waals surface area (Å²) in [6.07, 6.45) is 7.43. The van der Waals surface area contributed by atoms with E-state index in [1.165, 1.54) is 17.8 Å². The van der Waals surface area contributed by atoms with Gasteiger partial charge in [0.15, 0.2) is 0 Å². The number of sulfone groups is 1. The quantitative estimate of drug-likeness (QED) is 0.625. The summed E-state index contributed by atoms with van der Waals surface area (Å²) in [5, 5.41) is 9.38. The standard InChI is InChI=1S/C24H23NO4S/c26-24(27)23-13-14-25-16-19(23)10-9-17-5-4-6-18-15-21(11-12-22(17)18)30(28,29)20-7-2-1-3-8-20/h1-3,7-8,11-17H,4-6,9-10H2,(H,26,27)/t17-/m1/s1. The molecule has 2 aromatic carbocycles. The predicted molar refractivity (Wildman–Crippen MR) is 114 cm³/mol. The summed E-state index contributed by atoms with van der Waals surface area (Å²) >= 11 is 0. The van der Waals surface area contributed by atoms with Gasteiger partial charge in [-0.2, -0.15) is 0 Å². The summed E-state index contributed by atoms with van der Waals surface area (Å²) in [7, 11) is -3.53. The fourth-order valence-electron chi connectivity index (χ4n) is 4.26. The predicted octanol–water partition coefficient (Wildman–Crippen LogP) is 4.67. The van der Waals surface area contributed by atoms with Gasteiger partial charge in [-0.15, -0.1) is 0 Å². The van der Waals surface area contributed by atoms with Crippen LogP contribution in [-0.4, -0.2) is 24.5 Å². The molecule has 1 N–H and O–H groups in total. The lowest BCUT2D eigenvalue weighted by Gasteiger charge is -2.26. The third-order valence-corrected chi connectivity index (χ3v) is 7.58. The van der Waals surface area contributed by atoms with Gasteiger partial charge in [0.2, 0.25) is 9.84 Å². The Morgan fingerprint density at radius 3 is 2.63 bits per heavy atom. The van der Waals surface area contributed by atoms with E-state index in [9.17, 15) is 18.3 Å². The molecule has 0 saturated carbocycles. The smallest absolute Gasteiger partial charge is 0.336 e. The highest BCUT2D eigenvalue weighted by atomic mass is 32.2. The van der Waals surface area contributed by atoms with Gasteiger partial charge in [0.1, 0.15) is 0 Å². The van der Waals surface area contributed by atoms with E-state index >= 15 is 0 Å². The molecule has 0 spiro atoms. The number of aromatic nitrogens is 1. The molecular formula is C24H23NO4S. The molecule has 1 aliphatic carbocycles. The van der Waals surface area contributed by atoms with Gasteiger partial charge in [-0.05, 0) is 85.0 Å². The van der Waals surface area contributed by atoms with Gasteiger partial charge in [-0.1, -0.05) is 24.3 Å². The van der Waals surface area contributed by atoms with Gasteiger partial charge in [0.25, 0.3) is 0 Å². The molecule has 0 fully saturated rings. The SMILES string of the molecule is O=C(O)c1ccncc1CC[C@H]1CCCc2cc(S(=O)(=O)c3ccccc3)ccc21. The number of nitrogens with zero attached hydrogens (tertiary/aromatic N) is 1. The lowest BCUT2D eigenvalue weighted by Crippen LogP contribution is -2.13. The maximum absolute atomic E-state index is 13.0. The fourth-order valence-corrected chi connectivity index (χ4v) is 5.59. The van der Waals surface area contributed by atoms with E-state index in [1.807, 2.05) is 12.1 Å². The molecule has 5 nitrogen and oxygen atoms in total. The van der Waals surface area contributed by atoms with Crippen LogP contribution in [0.1, 0.15) is 52.2 Å². The Morgan fingerprint density at radius 2 is 1.87 bits per heavy atom. The second-order valence-corrected chi connectivity index (χ2v) is 9.59. The van der Waals surface area contributed by atoms with Crippen LogP contribution in [0.4, 0.5) is 0 Å². The molecule has 6 heteroatoms. The Bertz CT molecular complexity index is 1170. The van der Waals surface area contributed by atoms with Crippen LogP contribution in [0.3, 0.4) is 0 Å². The van der Waals surface area contributed by atoms with Gasteiger partial charge < -0.3 is 5.11 Å². The van der Waals surface area contributed by atoms with Crippen molar-refractivity contribution in [1.82, 2.24) is 4.98 Å². The average Bonchev–Trinajstić information content (AvgIpc) is 2.78. The first kappa shape index (κ1) is 20.3. The zero-order valence-corrected chi connectivity index (χ0v) is 17.3. The highest BCUT2D eigenvalue weighted by molar-refractivity contribution is 7.91. The van der Waals surface area contributed by atoms with Crippen LogP contribution in [0.25, 0.3) is 0 Å². The number of pyridine rings is 1. The Hall–Kier alpha value is -2.99. The summed E-state index contributed by atoms with van der Waals surface area (Å²) < 4.78 is 25.9. The van der Waals surface area contributed by atoms with Crippen molar-refractivity contribution in [1.29, 1.82) is 0 Å². The zero-order chi connectivity index (χ0) is 21.1. The first-order valence-corrected chi connectivity index (χ1v) is 11.5.